The van der Waals surface area contributed by atoms with E-state index >= 15 is 0 Å². The summed E-state index contributed by atoms with van der Waals surface area (Å²) >= 11 is 0. The number of β-lactam (4-membered cyclic amide) rings is 1. The van der Waals surface area contributed by atoms with Gasteiger partial charge in [-0.2, -0.15) is 0 Å². The topological polar surface area (TPSA) is 142 Å². The van der Waals surface area contributed by atoms with E-state index in [0.717, 1.165) is 4.90 Å². The molecule has 1 aromatic rings. The lowest BCUT2D eigenvalue weighted by Crippen LogP contribution is -2.58. The van der Waals surface area contributed by atoms with Crippen molar-refractivity contribution in [1.29, 1.82) is 0 Å². The van der Waals surface area contributed by atoms with E-state index in [2.05, 4.69) is 4.98 Å². The summed E-state index contributed by atoms with van der Waals surface area (Å²) in [6, 6.07) is 0.979. The number of amides is 1. The molecule has 25 heavy (non-hydrogen) atoms. The first kappa shape index (κ1) is 17.1. The predicted octanol–water partition coefficient (Wildman–Crippen LogP) is -0.00830. The Balaban J connectivity index is 2.08. The molecular formula is C15H14N2O7S. The highest BCUT2D eigenvalue weighted by Crippen LogP contribution is 2.48. The van der Waals surface area contributed by atoms with E-state index in [-0.39, 0.29) is 16.8 Å². The number of carboxylic acid groups (broad SMARTS) is 2. The molecule has 0 spiro atoms. The summed E-state index contributed by atoms with van der Waals surface area (Å²) in [4.78, 5) is 39.5. The molecule has 3 heterocycles. The molecule has 10 heteroatoms. The third kappa shape index (κ3) is 2.17. The molecule has 2 atom stereocenters. The SMILES string of the molecule is CC1(C)[C@H](C(=O)O)N2C(=O)/C(=C/c3cc(C(=O)O)ccn3)[C@H]2S1(=O)=O. The van der Waals surface area contributed by atoms with Gasteiger partial charge < -0.3 is 15.1 Å². The number of carboxylic acids is 2. The number of aliphatic carboxylic acids is 1. The van der Waals surface area contributed by atoms with Gasteiger partial charge in [-0.05, 0) is 32.1 Å². The quantitative estimate of drug-likeness (QED) is 0.562. The van der Waals surface area contributed by atoms with Gasteiger partial charge in [0.15, 0.2) is 21.3 Å². The van der Waals surface area contributed by atoms with Crippen LogP contribution in [0.3, 0.4) is 0 Å². The molecule has 0 aliphatic carbocycles. The van der Waals surface area contributed by atoms with Crippen molar-refractivity contribution in [3.05, 3.63) is 35.2 Å². The Kier molecular flexibility index (Phi) is 3.50. The van der Waals surface area contributed by atoms with E-state index in [1.54, 1.807) is 0 Å². The lowest BCUT2D eigenvalue weighted by Gasteiger charge is -2.37. The lowest BCUT2D eigenvalue weighted by molar-refractivity contribution is -0.152. The standard InChI is InChI=1S/C15H14N2O7S/c1-15(2)10(14(21)22)17-11(18)9(12(17)25(15,23)24)6-8-5-7(13(19)20)3-4-16-8/h3-6,10,12H,1-2H3,(H,19,20)(H,21,22)/b9-6-/t10-,12+/m0/s1. The van der Waals surface area contributed by atoms with E-state index in [9.17, 15) is 27.9 Å². The molecule has 0 aromatic carbocycles. The third-order valence-corrected chi connectivity index (χ3v) is 7.29. The molecule has 1 aromatic heterocycles. The minimum Gasteiger partial charge on any atom is -0.480 e. The predicted molar refractivity (Wildman–Crippen MR) is 84.2 cm³/mol. The van der Waals surface area contributed by atoms with Crippen LogP contribution >= 0.6 is 0 Å². The third-order valence-electron chi connectivity index (χ3n) is 4.53. The van der Waals surface area contributed by atoms with Crippen molar-refractivity contribution in [2.24, 2.45) is 0 Å². The molecule has 9 nitrogen and oxygen atoms in total. The number of carbonyl (C=O) groups is 3. The average Bonchev–Trinajstić information content (AvgIpc) is 2.66. The molecule has 132 valence electrons. The van der Waals surface area contributed by atoms with Crippen LogP contribution in [-0.4, -0.2) is 62.5 Å². The number of carbonyl (C=O) groups excluding carboxylic acids is 1. The van der Waals surface area contributed by atoms with Crippen molar-refractivity contribution in [2.75, 3.05) is 0 Å². The Labute approximate surface area is 142 Å². The van der Waals surface area contributed by atoms with E-state index in [0.29, 0.717) is 0 Å². The fraction of sp³-hybridized carbons (Fsp3) is 0.333. The lowest BCUT2D eigenvalue weighted by atomic mass is 9.95. The summed E-state index contributed by atoms with van der Waals surface area (Å²) in [6.07, 6.45) is 2.41. The smallest absolute Gasteiger partial charge is 0.335 e. The number of rotatable bonds is 3. The molecule has 2 saturated heterocycles. The van der Waals surface area contributed by atoms with Gasteiger partial charge in [0.05, 0.1) is 16.8 Å². The maximum atomic E-state index is 12.7. The van der Waals surface area contributed by atoms with Crippen molar-refractivity contribution in [3.8, 4) is 0 Å². The van der Waals surface area contributed by atoms with Crippen LogP contribution in [0, 0.1) is 0 Å². The first-order valence-corrected chi connectivity index (χ1v) is 8.74. The van der Waals surface area contributed by atoms with Gasteiger partial charge in [-0.15, -0.1) is 0 Å². The monoisotopic (exact) mass is 366 g/mol. The second-order valence-corrected chi connectivity index (χ2v) is 8.92. The molecule has 1 amide bonds. The van der Waals surface area contributed by atoms with Crippen LogP contribution < -0.4 is 0 Å². The van der Waals surface area contributed by atoms with Crippen LogP contribution in [0.1, 0.15) is 29.9 Å². The van der Waals surface area contributed by atoms with Crippen molar-refractivity contribution >= 4 is 33.8 Å². The van der Waals surface area contributed by atoms with Gasteiger partial charge in [-0.3, -0.25) is 9.78 Å². The Morgan fingerprint density at radius 3 is 2.52 bits per heavy atom. The largest absolute Gasteiger partial charge is 0.480 e. The summed E-state index contributed by atoms with van der Waals surface area (Å²) in [7, 11) is -3.98. The number of pyridine rings is 1. The summed E-state index contributed by atoms with van der Waals surface area (Å²) in [5.74, 6) is -3.30. The molecular weight excluding hydrogens is 352 g/mol. The molecule has 2 aliphatic heterocycles. The molecule has 2 aliphatic rings. The van der Waals surface area contributed by atoms with Crippen LogP contribution in [-0.2, 0) is 19.4 Å². The van der Waals surface area contributed by atoms with Crippen molar-refractivity contribution in [1.82, 2.24) is 9.88 Å². The second kappa shape index (κ2) is 5.12. The minimum absolute atomic E-state index is 0.0662. The normalized spacial score (nSPS) is 27.7. The zero-order valence-corrected chi connectivity index (χ0v) is 14.0. The van der Waals surface area contributed by atoms with E-state index in [1.165, 1.54) is 38.3 Å². The van der Waals surface area contributed by atoms with Crippen LogP contribution in [0.25, 0.3) is 6.08 Å². The molecule has 2 N–H and O–H groups in total. The van der Waals surface area contributed by atoms with Gasteiger partial charge in [0.25, 0.3) is 5.91 Å². The van der Waals surface area contributed by atoms with Crippen molar-refractivity contribution < 1.29 is 33.0 Å². The Hall–Kier alpha value is -2.75. The van der Waals surface area contributed by atoms with Crippen molar-refractivity contribution in [2.45, 2.75) is 30.0 Å². The zero-order chi connectivity index (χ0) is 18.7. The van der Waals surface area contributed by atoms with Gasteiger partial charge in [0, 0.05) is 6.20 Å². The highest BCUT2D eigenvalue weighted by atomic mass is 32.2. The molecule has 0 unspecified atom stereocenters. The van der Waals surface area contributed by atoms with Crippen LogP contribution in [0.5, 0.6) is 0 Å². The molecule has 0 bridgehead atoms. The highest BCUT2D eigenvalue weighted by Gasteiger charge is 2.70. The Morgan fingerprint density at radius 2 is 1.96 bits per heavy atom. The molecule has 3 rings (SSSR count). The average molecular weight is 366 g/mol. The van der Waals surface area contributed by atoms with Crippen LogP contribution in [0.15, 0.2) is 23.9 Å². The second-order valence-electron chi connectivity index (χ2n) is 6.33. The fourth-order valence-electron chi connectivity index (χ4n) is 3.16. The summed E-state index contributed by atoms with van der Waals surface area (Å²) in [6.45, 7) is 2.54. The van der Waals surface area contributed by atoms with Crippen LogP contribution in [0.4, 0.5) is 0 Å². The van der Waals surface area contributed by atoms with E-state index in [4.69, 9.17) is 5.11 Å². The van der Waals surface area contributed by atoms with Gasteiger partial charge in [0.1, 0.15) is 4.75 Å². The van der Waals surface area contributed by atoms with Gasteiger partial charge in [-0.1, -0.05) is 0 Å². The fourth-order valence-corrected chi connectivity index (χ4v) is 5.28. The number of sulfone groups is 1. The molecule has 0 saturated carbocycles. The maximum absolute atomic E-state index is 12.7. The molecule has 2 fully saturated rings. The summed E-state index contributed by atoms with van der Waals surface area (Å²) < 4.78 is 23.8. The summed E-state index contributed by atoms with van der Waals surface area (Å²) in [5, 5.41) is 16.9. The first-order chi connectivity index (χ1) is 11.5. The number of aromatic nitrogens is 1. The number of fused-ring (bicyclic) bond motifs is 1. The number of hydrogen-bond acceptors (Lipinski definition) is 6. The van der Waals surface area contributed by atoms with Crippen molar-refractivity contribution in [3.63, 3.8) is 0 Å². The zero-order valence-electron chi connectivity index (χ0n) is 13.2. The number of hydrogen-bond donors (Lipinski definition) is 2. The summed E-state index contributed by atoms with van der Waals surface area (Å²) in [5.41, 5.74) is -0.0787. The van der Waals surface area contributed by atoms with Gasteiger partial charge in [-0.25, -0.2) is 18.0 Å². The van der Waals surface area contributed by atoms with E-state index in [1.807, 2.05) is 0 Å². The van der Waals surface area contributed by atoms with Gasteiger partial charge in [0.2, 0.25) is 0 Å². The Morgan fingerprint density at radius 1 is 1.32 bits per heavy atom. The maximum Gasteiger partial charge on any atom is 0.335 e. The van der Waals surface area contributed by atoms with Gasteiger partial charge >= 0.3 is 11.9 Å². The number of nitrogens with zero attached hydrogens (tertiary/aromatic N) is 2. The Bertz CT molecular complexity index is 948. The highest BCUT2D eigenvalue weighted by molar-refractivity contribution is 7.94. The minimum atomic E-state index is -3.98. The van der Waals surface area contributed by atoms with Crippen LogP contribution in [0.2, 0.25) is 0 Å². The molecule has 0 radical (unpaired) electrons. The van der Waals surface area contributed by atoms with E-state index < -0.39 is 43.8 Å². The number of aromatic carboxylic acids is 1. The first-order valence-electron chi connectivity index (χ1n) is 7.20.